The maximum Gasteiger partial charge on any atom is 0.254 e. The molecular formula is C13H16BrClFNO. The topological polar surface area (TPSA) is 29.1 Å². The fourth-order valence-corrected chi connectivity index (χ4v) is 2.34. The molecular weight excluding hydrogens is 321 g/mol. The normalized spacial score (nSPS) is 14.1. The van der Waals surface area contributed by atoms with Gasteiger partial charge in [0, 0.05) is 11.4 Å². The van der Waals surface area contributed by atoms with E-state index in [1.807, 2.05) is 13.8 Å². The maximum absolute atomic E-state index is 13.8. The Balaban J connectivity index is 2.91. The van der Waals surface area contributed by atoms with Crippen molar-refractivity contribution in [2.45, 2.75) is 32.2 Å². The van der Waals surface area contributed by atoms with Crippen molar-refractivity contribution < 1.29 is 9.18 Å². The van der Waals surface area contributed by atoms with Gasteiger partial charge in [-0.25, -0.2) is 4.39 Å². The summed E-state index contributed by atoms with van der Waals surface area (Å²) in [6.45, 7) is 3.87. The van der Waals surface area contributed by atoms with Crippen LogP contribution in [0, 0.1) is 5.82 Å². The van der Waals surface area contributed by atoms with Crippen LogP contribution in [0.2, 0.25) is 0 Å². The molecule has 0 fully saturated rings. The van der Waals surface area contributed by atoms with E-state index in [0.717, 1.165) is 6.42 Å². The number of carbonyl (C=O) groups is 1. The van der Waals surface area contributed by atoms with Crippen molar-refractivity contribution in [2.24, 2.45) is 0 Å². The van der Waals surface area contributed by atoms with Gasteiger partial charge in [-0.05, 0) is 47.8 Å². The van der Waals surface area contributed by atoms with Crippen LogP contribution in [-0.2, 0) is 0 Å². The highest BCUT2D eigenvalue weighted by molar-refractivity contribution is 9.10. The van der Waals surface area contributed by atoms with Gasteiger partial charge in [0.15, 0.2) is 0 Å². The highest BCUT2D eigenvalue weighted by Crippen LogP contribution is 2.21. The molecule has 0 heterocycles. The molecule has 2 nitrogen and oxygen atoms in total. The number of hydrogen-bond acceptors (Lipinski definition) is 1. The number of benzene rings is 1. The summed E-state index contributed by atoms with van der Waals surface area (Å²) >= 11 is 8.78. The molecule has 5 heteroatoms. The molecule has 0 aliphatic heterocycles. The van der Waals surface area contributed by atoms with Gasteiger partial charge in [0.1, 0.15) is 5.82 Å². The molecule has 1 aromatic rings. The van der Waals surface area contributed by atoms with E-state index in [2.05, 4.69) is 21.2 Å². The van der Waals surface area contributed by atoms with Gasteiger partial charge in [-0.1, -0.05) is 13.0 Å². The van der Waals surface area contributed by atoms with Crippen molar-refractivity contribution in [1.82, 2.24) is 5.32 Å². The molecule has 0 saturated carbocycles. The van der Waals surface area contributed by atoms with Crippen LogP contribution in [0.25, 0.3) is 0 Å². The Morgan fingerprint density at radius 1 is 1.56 bits per heavy atom. The number of amides is 1. The average Bonchev–Trinajstić information content (AvgIpc) is 2.32. The van der Waals surface area contributed by atoms with E-state index < -0.39 is 17.3 Å². The lowest BCUT2D eigenvalue weighted by Crippen LogP contribution is -2.46. The van der Waals surface area contributed by atoms with Crippen LogP contribution in [0.4, 0.5) is 4.39 Å². The SMILES string of the molecule is CCC(C)(CCCl)NC(=O)c1cccc(Br)c1F. The summed E-state index contributed by atoms with van der Waals surface area (Å²) < 4.78 is 14.1. The molecule has 0 aliphatic rings. The van der Waals surface area contributed by atoms with Gasteiger partial charge in [-0.2, -0.15) is 0 Å². The summed E-state index contributed by atoms with van der Waals surface area (Å²) in [7, 11) is 0. The molecule has 0 aromatic heterocycles. The molecule has 1 unspecified atom stereocenters. The minimum Gasteiger partial charge on any atom is -0.347 e. The number of hydrogen-bond donors (Lipinski definition) is 1. The minimum absolute atomic E-state index is 0.0404. The summed E-state index contributed by atoms with van der Waals surface area (Å²) in [6.07, 6.45) is 1.38. The first-order valence-corrected chi connectivity index (χ1v) is 7.09. The molecule has 0 radical (unpaired) electrons. The lowest BCUT2D eigenvalue weighted by molar-refractivity contribution is 0.0897. The first-order chi connectivity index (χ1) is 8.43. The highest BCUT2D eigenvalue weighted by Gasteiger charge is 2.25. The van der Waals surface area contributed by atoms with Crippen LogP contribution in [-0.4, -0.2) is 17.3 Å². The molecule has 1 rings (SSSR count). The Bertz CT molecular complexity index is 441. The lowest BCUT2D eigenvalue weighted by Gasteiger charge is -2.29. The first kappa shape index (κ1) is 15.4. The van der Waals surface area contributed by atoms with Crippen molar-refractivity contribution >= 4 is 33.4 Å². The molecule has 100 valence electrons. The van der Waals surface area contributed by atoms with E-state index in [-0.39, 0.29) is 10.0 Å². The fourth-order valence-electron chi connectivity index (χ4n) is 1.56. The molecule has 1 aromatic carbocycles. The second-order valence-corrected chi connectivity index (χ2v) is 5.64. The van der Waals surface area contributed by atoms with Crippen molar-refractivity contribution in [1.29, 1.82) is 0 Å². The third-order valence-corrected chi connectivity index (χ3v) is 3.84. The van der Waals surface area contributed by atoms with Crippen LogP contribution in [0.3, 0.4) is 0 Å². The average molecular weight is 337 g/mol. The lowest BCUT2D eigenvalue weighted by atomic mass is 9.95. The van der Waals surface area contributed by atoms with Crippen LogP contribution < -0.4 is 5.32 Å². The van der Waals surface area contributed by atoms with Gasteiger partial charge in [0.2, 0.25) is 0 Å². The van der Waals surface area contributed by atoms with E-state index in [9.17, 15) is 9.18 Å². The van der Waals surface area contributed by atoms with Crippen LogP contribution in [0.5, 0.6) is 0 Å². The van der Waals surface area contributed by atoms with Gasteiger partial charge in [-0.3, -0.25) is 4.79 Å². The first-order valence-electron chi connectivity index (χ1n) is 5.76. The molecule has 1 N–H and O–H groups in total. The summed E-state index contributed by atoms with van der Waals surface area (Å²) in [6, 6.07) is 4.66. The second kappa shape index (κ2) is 6.53. The van der Waals surface area contributed by atoms with Crippen LogP contribution in [0.1, 0.15) is 37.0 Å². The molecule has 0 saturated heterocycles. The molecule has 0 spiro atoms. The number of carbonyl (C=O) groups excluding carboxylic acids is 1. The highest BCUT2D eigenvalue weighted by atomic mass is 79.9. The van der Waals surface area contributed by atoms with Crippen LogP contribution >= 0.6 is 27.5 Å². The van der Waals surface area contributed by atoms with Gasteiger partial charge in [0.25, 0.3) is 5.91 Å². The smallest absolute Gasteiger partial charge is 0.254 e. The molecule has 18 heavy (non-hydrogen) atoms. The standard InChI is InChI=1S/C13H16BrClFNO/c1-3-13(2,7-8-15)17-12(18)9-5-4-6-10(14)11(9)16/h4-6H,3,7-8H2,1-2H3,(H,17,18). The Hall–Kier alpha value is -0.610. The molecule has 0 aliphatic carbocycles. The predicted molar refractivity (Wildman–Crippen MR) is 75.6 cm³/mol. The Labute approximate surface area is 120 Å². The van der Waals surface area contributed by atoms with Crippen molar-refractivity contribution in [3.05, 3.63) is 34.1 Å². The zero-order chi connectivity index (χ0) is 13.8. The Morgan fingerprint density at radius 3 is 2.78 bits per heavy atom. The van der Waals surface area contributed by atoms with Crippen molar-refractivity contribution in [3.8, 4) is 0 Å². The molecule has 1 amide bonds. The maximum atomic E-state index is 13.8. The Kier molecular flexibility index (Phi) is 5.60. The van der Waals surface area contributed by atoms with E-state index in [4.69, 9.17) is 11.6 Å². The third kappa shape index (κ3) is 3.69. The third-order valence-electron chi connectivity index (χ3n) is 3.04. The number of halogens is 3. The van der Waals surface area contributed by atoms with Gasteiger partial charge < -0.3 is 5.32 Å². The van der Waals surface area contributed by atoms with Crippen molar-refractivity contribution in [3.63, 3.8) is 0 Å². The van der Waals surface area contributed by atoms with E-state index >= 15 is 0 Å². The largest absolute Gasteiger partial charge is 0.347 e. The molecule has 0 bridgehead atoms. The van der Waals surface area contributed by atoms with E-state index in [1.165, 1.54) is 6.07 Å². The molecule has 1 atom stereocenters. The summed E-state index contributed by atoms with van der Waals surface area (Å²) in [5.74, 6) is -0.506. The zero-order valence-corrected chi connectivity index (χ0v) is 12.7. The monoisotopic (exact) mass is 335 g/mol. The van der Waals surface area contributed by atoms with E-state index in [1.54, 1.807) is 12.1 Å². The quantitative estimate of drug-likeness (QED) is 0.805. The Morgan fingerprint density at radius 2 is 2.22 bits per heavy atom. The van der Waals surface area contributed by atoms with Crippen LogP contribution in [0.15, 0.2) is 22.7 Å². The summed E-state index contributed by atoms with van der Waals surface area (Å²) in [5.41, 5.74) is -0.369. The summed E-state index contributed by atoms with van der Waals surface area (Å²) in [4.78, 5) is 12.1. The zero-order valence-electron chi connectivity index (χ0n) is 10.4. The number of rotatable bonds is 5. The van der Waals surface area contributed by atoms with Gasteiger partial charge >= 0.3 is 0 Å². The van der Waals surface area contributed by atoms with Gasteiger partial charge in [-0.15, -0.1) is 11.6 Å². The van der Waals surface area contributed by atoms with E-state index in [0.29, 0.717) is 12.3 Å². The summed E-state index contributed by atoms with van der Waals surface area (Å²) in [5, 5.41) is 2.84. The number of nitrogens with one attached hydrogen (secondary N) is 1. The number of alkyl halides is 1. The van der Waals surface area contributed by atoms with Gasteiger partial charge in [0.05, 0.1) is 10.0 Å². The fraction of sp³-hybridized carbons (Fsp3) is 0.462. The second-order valence-electron chi connectivity index (χ2n) is 4.41. The van der Waals surface area contributed by atoms with Crippen molar-refractivity contribution in [2.75, 3.05) is 5.88 Å². The predicted octanol–water partition coefficient (Wildman–Crippen LogP) is 4.12. The minimum atomic E-state index is -0.542.